The second-order valence-corrected chi connectivity index (χ2v) is 6.80. The molecule has 2 atom stereocenters. The van der Waals surface area contributed by atoms with Gasteiger partial charge in [0.15, 0.2) is 11.6 Å². The summed E-state index contributed by atoms with van der Waals surface area (Å²) in [4.78, 5) is 11.5. The van der Waals surface area contributed by atoms with Gasteiger partial charge in [-0.1, -0.05) is 30.3 Å². The summed E-state index contributed by atoms with van der Waals surface area (Å²) in [5.41, 5.74) is 1.14. The largest absolute Gasteiger partial charge is 0.486 e. The molecule has 1 amide bonds. The summed E-state index contributed by atoms with van der Waals surface area (Å²) < 4.78 is 69.9. The van der Waals surface area contributed by atoms with Crippen LogP contribution in [0.25, 0.3) is 0 Å². The molecule has 3 rings (SSSR count). The van der Waals surface area contributed by atoms with Gasteiger partial charge in [-0.15, -0.1) is 0 Å². The van der Waals surface area contributed by atoms with Gasteiger partial charge < -0.3 is 15.4 Å². The molecule has 0 bridgehead atoms. The molecule has 156 valence electrons. The molecule has 0 radical (unpaired) electrons. The Morgan fingerprint density at radius 1 is 1.14 bits per heavy atom. The van der Waals surface area contributed by atoms with Crippen molar-refractivity contribution >= 4 is 5.91 Å². The van der Waals surface area contributed by atoms with E-state index in [0.717, 1.165) is 11.6 Å². The fourth-order valence-corrected chi connectivity index (χ4v) is 2.99. The lowest BCUT2D eigenvalue weighted by atomic mass is 10.1. The minimum atomic E-state index is -4.48. The molecule has 0 aromatic heterocycles. The minimum absolute atomic E-state index is 0.0638. The minimum Gasteiger partial charge on any atom is -0.486 e. The number of carbonyl (C=O) groups excluding carboxylic acids is 1. The Kier molecular flexibility index (Phi) is 6.36. The van der Waals surface area contributed by atoms with E-state index >= 15 is 0 Å². The number of rotatable bonds is 8. The molecule has 1 fully saturated rings. The molecule has 0 spiro atoms. The third kappa shape index (κ3) is 6.15. The first kappa shape index (κ1) is 21.0. The van der Waals surface area contributed by atoms with Crippen LogP contribution in [0.4, 0.5) is 22.0 Å². The molecular formula is C20H19F5N2O2. The quantitative estimate of drug-likeness (QED) is 0.649. The number of carbonyl (C=O) groups is 1. The first-order valence-electron chi connectivity index (χ1n) is 8.95. The van der Waals surface area contributed by atoms with E-state index in [1.165, 1.54) is 6.07 Å². The predicted molar refractivity (Wildman–Crippen MR) is 95.3 cm³/mol. The number of nitrogens with one attached hydrogen (secondary N) is 2. The Bertz CT molecular complexity index is 858. The van der Waals surface area contributed by atoms with E-state index in [2.05, 4.69) is 5.32 Å². The van der Waals surface area contributed by atoms with Gasteiger partial charge in [0.05, 0.1) is 6.54 Å². The van der Waals surface area contributed by atoms with Gasteiger partial charge in [-0.3, -0.25) is 4.79 Å². The number of ether oxygens (including phenoxy) is 1. The van der Waals surface area contributed by atoms with Crippen LogP contribution in [0.15, 0.2) is 42.5 Å². The van der Waals surface area contributed by atoms with Crippen LogP contribution in [0.1, 0.15) is 23.5 Å². The molecule has 9 heteroatoms. The maximum absolute atomic E-state index is 14.3. The smallest absolute Gasteiger partial charge is 0.405 e. The Hall–Kier alpha value is -2.68. The van der Waals surface area contributed by atoms with Crippen LogP contribution < -0.4 is 15.4 Å². The van der Waals surface area contributed by atoms with Crippen molar-refractivity contribution < 1.29 is 31.5 Å². The highest BCUT2D eigenvalue weighted by atomic mass is 19.4. The number of alkyl halides is 3. The summed E-state index contributed by atoms with van der Waals surface area (Å²) in [6.07, 6.45) is -4.00. The summed E-state index contributed by atoms with van der Waals surface area (Å²) in [7, 11) is 0. The number of halogens is 5. The van der Waals surface area contributed by atoms with Crippen molar-refractivity contribution in [3.05, 3.63) is 65.2 Å². The zero-order valence-corrected chi connectivity index (χ0v) is 15.2. The van der Waals surface area contributed by atoms with Crippen molar-refractivity contribution in [1.29, 1.82) is 0 Å². The van der Waals surface area contributed by atoms with Gasteiger partial charge in [0.25, 0.3) is 0 Å². The molecule has 2 aromatic rings. The second-order valence-electron chi connectivity index (χ2n) is 6.80. The number of amides is 1. The van der Waals surface area contributed by atoms with Gasteiger partial charge in [0, 0.05) is 23.6 Å². The topological polar surface area (TPSA) is 50.4 Å². The first-order chi connectivity index (χ1) is 13.7. The van der Waals surface area contributed by atoms with Crippen molar-refractivity contribution in [2.45, 2.75) is 31.2 Å². The van der Waals surface area contributed by atoms with Crippen LogP contribution in [-0.4, -0.2) is 31.2 Å². The molecule has 1 saturated carbocycles. The maximum Gasteiger partial charge on any atom is 0.405 e. The summed E-state index contributed by atoms with van der Waals surface area (Å²) in [6, 6.07) is 10.7. The molecule has 2 aromatic carbocycles. The predicted octanol–water partition coefficient (Wildman–Crippen LogP) is 3.67. The normalized spacial score (nSPS) is 18.4. The Balaban J connectivity index is 1.60. The molecule has 0 saturated heterocycles. The molecule has 0 unspecified atom stereocenters. The van der Waals surface area contributed by atoms with Gasteiger partial charge in [-0.05, 0) is 18.1 Å². The third-order valence-electron chi connectivity index (χ3n) is 4.46. The van der Waals surface area contributed by atoms with E-state index in [9.17, 15) is 26.7 Å². The summed E-state index contributed by atoms with van der Waals surface area (Å²) >= 11 is 0. The number of hydrogen-bond donors (Lipinski definition) is 2. The SMILES string of the molecule is O=C(CN[C@@H]1C[C@H]1c1cc(F)cc(F)c1OCc1ccccc1)NCC(F)(F)F. The van der Waals surface area contributed by atoms with Crippen molar-refractivity contribution in [2.24, 2.45) is 0 Å². The molecule has 0 heterocycles. The van der Waals surface area contributed by atoms with Crippen LogP contribution in [0.3, 0.4) is 0 Å². The molecule has 1 aliphatic carbocycles. The maximum atomic E-state index is 14.3. The van der Waals surface area contributed by atoms with Gasteiger partial charge in [0.1, 0.15) is 19.0 Å². The van der Waals surface area contributed by atoms with E-state index in [0.29, 0.717) is 12.0 Å². The molecule has 1 aliphatic rings. The standard InChI is InChI=1S/C20H19F5N2O2/c21-13-6-15(14-8-17(14)26-9-18(28)27-11-20(23,24)25)19(16(22)7-13)29-10-12-4-2-1-3-5-12/h1-7,14,17,26H,8-11H2,(H,27,28)/t14-,17+/m0/s1. The molecule has 0 aliphatic heterocycles. The average Bonchev–Trinajstić information content (AvgIpc) is 3.43. The van der Waals surface area contributed by atoms with Crippen LogP contribution >= 0.6 is 0 Å². The van der Waals surface area contributed by atoms with E-state index in [1.54, 1.807) is 5.32 Å². The Morgan fingerprint density at radius 2 is 1.86 bits per heavy atom. The molecule has 29 heavy (non-hydrogen) atoms. The monoisotopic (exact) mass is 414 g/mol. The van der Waals surface area contributed by atoms with E-state index in [4.69, 9.17) is 4.74 Å². The van der Waals surface area contributed by atoms with Crippen LogP contribution in [0.5, 0.6) is 5.75 Å². The van der Waals surface area contributed by atoms with Crippen molar-refractivity contribution in [1.82, 2.24) is 10.6 Å². The third-order valence-corrected chi connectivity index (χ3v) is 4.46. The van der Waals surface area contributed by atoms with Gasteiger partial charge >= 0.3 is 6.18 Å². The van der Waals surface area contributed by atoms with Crippen molar-refractivity contribution in [3.63, 3.8) is 0 Å². The van der Waals surface area contributed by atoms with Gasteiger partial charge in [0.2, 0.25) is 5.91 Å². The van der Waals surface area contributed by atoms with Crippen LogP contribution in [0.2, 0.25) is 0 Å². The Labute approximate surface area is 164 Å². The van der Waals surface area contributed by atoms with Crippen molar-refractivity contribution in [3.8, 4) is 5.75 Å². The van der Waals surface area contributed by atoms with Crippen LogP contribution in [0, 0.1) is 11.6 Å². The lowest BCUT2D eigenvalue weighted by Gasteiger charge is -2.13. The van der Waals surface area contributed by atoms with E-state index in [1.807, 2.05) is 30.3 Å². The molecular weight excluding hydrogens is 395 g/mol. The van der Waals surface area contributed by atoms with Crippen LogP contribution in [-0.2, 0) is 11.4 Å². The molecule has 2 N–H and O–H groups in total. The highest BCUT2D eigenvalue weighted by Gasteiger charge is 2.41. The van der Waals surface area contributed by atoms with E-state index < -0.39 is 30.3 Å². The molecule has 4 nitrogen and oxygen atoms in total. The highest BCUT2D eigenvalue weighted by molar-refractivity contribution is 5.78. The lowest BCUT2D eigenvalue weighted by molar-refractivity contribution is -0.137. The number of hydrogen-bond acceptors (Lipinski definition) is 3. The fraction of sp³-hybridized carbons (Fsp3) is 0.350. The summed E-state index contributed by atoms with van der Waals surface area (Å²) in [6.45, 7) is -1.63. The second kappa shape index (κ2) is 8.77. The van der Waals surface area contributed by atoms with E-state index in [-0.39, 0.29) is 30.9 Å². The zero-order valence-electron chi connectivity index (χ0n) is 15.2. The average molecular weight is 414 g/mol. The van der Waals surface area contributed by atoms with Gasteiger partial charge in [-0.2, -0.15) is 13.2 Å². The lowest BCUT2D eigenvalue weighted by Crippen LogP contribution is -2.40. The van der Waals surface area contributed by atoms with Crippen molar-refractivity contribution in [2.75, 3.05) is 13.1 Å². The summed E-state index contributed by atoms with van der Waals surface area (Å²) in [5, 5.41) is 4.56. The zero-order chi connectivity index (χ0) is 21.0. The number of benzene rings is 2. The van der Waals surface area contributed by atoms with Gasteiger partial charge in [-0.25, -0.2) is 8.78 Å². The fourth-order valence-electron chi connectivity index (χ4n) is 2.99. The summed E-state index contributed by atoms with van der Waals surface area (Å²) in [5.74, 6) is -2.76. The highest BCUT2D eigenvalue weighted by Crippen LogP contribution is 2.46. The first-order valence-corrected chi connectivity index (χ1v) is 8.95. The Morgan fingerprint density at radius 3 is 2.55 bits per heavy atom.